The SMILES string of the molecule is Cc1nccn1CCCNC(=O)Nc1ccc2c(c1)OCCO2. The molecule has 7 nitrogen and oxygen atoms in total. The summed E-state index contributed by atoms with van der Waals surface area (Å²) >= 11 is 0. The number of amides is 2. The van der Waals surface area contributed by atoms with Crippen molar-refractivity contribution < 1.29 is 14.3 Å². The summed E-state index contributed by atoms with van der Waals surface area (Å²) in [4.78, 5) is 16.1. The van der Waals surface area contributed by atoms with Crippen LogP contribution in [0.1, 0.15) is 12.2 Å². The largest absolute Gasteiger partial charge is 0.486 e. The maximum Gasteiger partial charge on any atom is 0.319 e. The molecule has 0 atom stereocenters. The fourth-order valence-electron chi connectivity index (χ4n) is 2.39. The van der Waals surface area contributed by atoms with E-state index in [4.69, 9.17) is 9.47 Å². The molecule has 122 valence electrons. The van der Waals surface area contributed by atoms with Gasteiger partial charge in [0.1, 0.15) is 19.0 Å². The lowest BCUT2D eigenvalue weighted by molar-refractivity contribution is 0.171. The van der Waals surface area contributed by atoms with Gasteiger partial charge in [0.25, 0.3) is 0 Å². The summed E-state index contributed by atoms with van der Waals surface area (Å²) in [6.07, 6.45) is 4.55. The average molecular weight is 316 g/mol. The summed E-state index contributed by atoms with van der Waals surface area (Å²) in [7, 11) is 0. The number of anilines is 1. The smallest absolute Gasteiger partial charge is 0.319 e. The van der Waals surface area contributed by atoms with Crippen molar-refractivity contribution in [3.8, 4) is 11.5 Å². The van der Waals surface area contributed by atoms with Crippen LogP contribution in [0.3, 0.4) is 0 Å². The molecule has 0 radical (unpaired) electrons. The zero-order chi connectivity index (χ0) is 16.1. The molecule has 1 aromatic heterocycles. The van der Waals surface area contributed by atoms with Crippen molar-refractivity contribution in [3.63, 3.8) is 0 Å². The zero-order valence-corrected chi connectivity index (χ0v) is 13.0. The van der Waals surface area contributed by atoms with Gasteiger partial charge in [-0.05, 0) is 25.5 Å². The van der Waals surface area contributed by atoms with E-state index in [2.05, 4.69) is 20.2 Å². The van der Waals surface area contributed by atoms with Gasteiger partial charge in [-0.3, -0.25) is 0 Å². The average Bonchev–Trinajstić information content (AvgIpc) is 2.97. The molecule has 0 fully saturated rings. The number of nitrogens with one attached hydrogen (secondary N) is 2. The first-order valence-corrected chi connectivity index (χ1v) is 7.64. The van der Waals surface area contributed by atoms with Gasteiger partial charge in [-0.25, -0.2) is 9.78 Å². The molecule has 23 heavy (non-hydrogen) atoms. The Morgan fingerprint density at radius 3 is 2.91 bits per heavy atom. The van der Waals surface area contributed by atoms with Crippen LogP contribution in [0.4, 0.5) is 10.5 Å². The Morgan fingerprint density at radius 2 is 2.13 bits per heavy atom. The second-order valence-corrected chi connectivity index (χ2v) is 5.26. The van der Waals surface area contributed by atoms with E-state index in [1.165, 1.54) is 0 Å². The predicted molar refractivity (Wildman–Crippen MR) is 86.0 cm³/mol. The molecule has 2 N–H and O–H groups in total. The summed E-state index contributed by atoms with van der Waals surface area (Å²) in [6, 6.07) is 5.13. The first-order chi connectivity index (χ1) is 11.2. The summed E-state index contributed by atoms with van der Waals surface area (Å²) in [5, 5.41) is 5.63. The first kappa shape index (κ1) is 15.2. The Kier molecular flexibility index (Phi) is 4.65. The molecule has 0 spiro atoms. The number of urea groups is 1. The van der Waals surface area contributed by atoms with E-state index in [1.807, 2.05) is 13.1 Å². The van der Waals surface area contributed by atoms with E-state index in [0.29, 0.717) is 36.9 Å². The van der Waals surface area contributed by atoms with Crippen LogP contribution in [0, 0.1) is 6.92 Å². The zero-order valence-electron chi connectivity index (χ0n) is 13.0. The van der Waals surface area contributed by atoms with Crippen molar-refractivity contribution >= 4 is 11.7 Å². The van der Waals surface area contributed by atoms with Gasteiger partial charge < -0.3 is 24.7 Å². The molecule has 7 heteroatoms. The van der Waals surface area contributed by atoms with Crippen LogP contribution >= 0.6 is 0 Å². The first-order valence-electron chi connectivity index (χ1n) is 7.64. The Labute approximate surface area is 134 Å². The molecule has 3 rings (SSSR count). The summed E-state index contributed by atoms with van der Waals surface area (Å²) in [5.41, 5.74) is 0.678. The number of carbonyl (C=O) groups excluding carboxylic acids is 1. The third-order valence-electron chi connectivity index (χ3n) is 3.59. The number of hydrogen-bond acceptors (Lipinski definition) is 4. The minimum absolute atomic E-state index is 0.232. The van der Waals surface area contributed by atoms with E-state index < -0.39 is 0 Å². The Hall–Kier alpha value is -2.70. The van der Waals surface area contributed by atoms with E-state index in [-0.39, 0.29) is 6.03 Å². The number of fused-ring (bicyclic) bond motifs is 1. The van der Waals surface area contributed by atoms with Crippen LogP contribution in [0.15, 0.2) is 30.6 Å². The van der Waals surface area contributed by atoms with Crippen molar-refractivity contribution in [2.45, 2.75) is 19.9 Å². The number of hydrogen-bond donors (Lipinski definition) is 2. The highest BCUT2D eigenvalue weighted by atomic mass is 16.6. The number of carbonyl (C=O) groups is 1. The summed E-state index contributed by atoms with van der Waals surface area (Å²) in [5.74, 6) is 2.34. The quantitative estimate of drug-likeness (QED) is 0.829. The molecule has 0 saturated carbocycles. The van der Waals surface area contributed by atoms with Crippen LogP contribution in [0.25, 0.3) is 0 Å². The van der Waals surface area contributed by atoms with Gasteiger partial charge in [0.05, 0.1) is 0 Å². The molecule has 0 unspecified atom stereocenters. The van der Waals surface area contributed by atoms with Gasteiger partial charge in [0, 0.05) is 37.2 Å². The van der Waals surface area contributed by atoms with Gasteiger partial charge in [-0.15, -0.1) is 0 Å². The van der Waals surface area contributed by atoms with Gasteiger partial charge in [0.15, 0.2) is 11.5 Å². The standard InChI is InChI=1S/C16H20N4O3/c1-12-17-6-8-20(12)7-2-5-18-16(21)19-13-3-4-14-15(11-13)23-10-9-22-14/h3-4,6,8,11H,2,5,7,9-10H2,1H3,(H2,18,19,21). The number of aromatic nitrogens is 2. The van der Waals surface area contributed by atoms with Gasteiger partial charge in [0.2, 0.25) is 0 Å². The third kappa shape index (κ3) is 3.94. The second kappa shape index (κ2) is 7.04. The predicted octanol–water partition coefficient (Wildman–Crippen LogP) is 2.17. The Morgan fingerprint density at radius 1 is 1.30 bits per heavy atom. The minimum atomic E-state index is -0.232. The van der Waals surface area contributed by atoms with Crippen LogP contribution in [0.2, 0.25) is 0 Å². The summed E-state index contributed by atoms with van der Waals surface area (Å²) in [6.45, 7) is 4.46. The maximum absolute atomic E-state index is 11.9. The maximum atomic E-state index is 11.9. The molecule has 1 aliphatic rings. The molecular weight excluding hydrogens is 296 g/mol. The van der Waals surface area contributed by atoms with E-state index in [1.54, 1.807) is 24.4 Å². The second-order valence-electron chi connectivity index (χ2n) is 5.26. The van der Waals surface area contributed by atoms with Crippen molar-refractivity contribution in [3.05, 3.63) is 36.4 Å². The monoisotopic (exact) mass is 316 g/mol. The van der Waals surface area contributed by atoms with Crippen LogP contribution in [-0.4, -0.2) is 35.3 Å². The number of rotatable bonds is 5. The van der Waals surface area contributed by atoms with E-state index >= 15 is 0 Å². The minimum Gasteiger partial charge on any atom is -0.486 e. The highest BCUT2D eigenvalue weighted by molar-refractivity contribution is 5.89. The molecular formula is C16H20N4O3. The number of ether oxygens (including phenoxy) is 2. The van der Waals surface area contributed by atoms with Crippen LogP contribution in [0.5, 0.6) is 11.5 Å². The molecule has 1 aromatic carbocycles. The normalized spacial score (nSPS) is 12.7. The Bertz CT molecular complexity index is 684. The van der Waals surface area contributed by atoms with Crippen molar-refractivity contribution in [1.82, 2.24) is 14.9 Å². The molecule has 0 bridgehead atoms. The fourth-order valence-corrected chi connectivity index (χ4v) is 2.39. The Balaban J connectivity index is 1.43. The van der Waals surface area contributed by atoms with Crippen molar-refractivity contribution in [2.24, 2.45) is 0 Å². The highest BCUT2D eigenvalue weighted by Crippen LogP contribution is 2.32. The number of nitrogens with zero attached hydrogens (tertiary/aromatic N) is 2. The van der Waals surface area contributed by atoms with Gasteiger partial charge in [-0.2, -0.15) is 0 Å². The van der Waals surface area contributed by atoms with Crippen molar-refractivity contribution in [1.29, 1.82) is 0 Å². The molecule has 1 aliphatic heterocycles. The molecule has 2 heterocycles. The van der Waals surface area contributed by atoms with Crippen molar-refractivity contribution in [2.75, 3.05) is 25.1 Å². The molecule has 0 aliphatic carbocycles. The van der Waals surface area contributed by atoms with E-state index in [0.717, 1.165) is 18.8 Å². The lowest BCUT2D eigenvalue weighted by Crippen LogP contribution is -2.30. The van der Waals surface area contributed by atoms with E-state index in [9.17, 15) is 4.79 Å². The van der Waals surface area contributed by atoms with Gasteiger partial charge >= 0.3 is 6.03 Å². The highest BCUT2D eigenvalue weighted by Gasteiger charge is 2.12. The lowest BCUT2D eigenvalue weighted by Gasteiger charge is -2.19. The number of benzene rings is 1. The third-order valence-corrected chi connectivity index (χ3v) is 3.59. The number of imidazole rings is 1. The molecule has 0 saturated heterocycles. The number of aryl methyl sites for hydroxylation is 2. The van der Waals surface area contributed by atoms with Gasteiger partial charge in [-0.1, -0.05) is 0 Å². The van der Waals surface area contributed by atoms with Crippen LogP contribution in [-0.2, 0) is 6.54 Å². The van der Waals surface area contributed by atoms with Crippen LogP contribution < -0.4 is 20.1 Å². The molecule has 2 amide bonds. The topological polar surface area (TPSA) is 77.4 Å². The molecule has 2 aromatic rings. The fraction of sp³-hybridized carbons (Fsp3) is 0.375. The summed E-state index contributed by atoms with van der Waals surface area (Å²) < 4.78 is 13.0. The lowest BCUT2D eigenvalue weighted by atomic mass is 10.2.